The van der Waals surface area contributed by atoms with Crippen LogP contribution in [0.25, 0.3) is 0 Å². The van der Waals surface area contributed by atoms with Gasteiger partial charge in [-0.3, -0.25) is 0 Å². The molecule has 0 spiro atoms. The zero-order valence-electron chi connectivity index (χ0n) is 13.3. The van der Waals surface area contributed by atoms with Crippen molar-refractivity contribution in [3.05, 3.63) is 23.5 Å². The Morgan fingerprint density at radius 3 is 2.29 bits per heavy atom. The molecule has 0 N–H and O–H groups in total. The van der Waals surface area contributed by atoms with Gasteiger partial charge in [0.15, 0.2) is 11.5 Å². The molecule has 4 heteroatoms. The van der Waals surface area contributed by atoms with Crippen molar-refractivity contribution in [2.24, 2.45) is 5.92 Å². The van der Waals surface area contributed by atoms with Crippen LogP contribution in [0.3, 0.4) is 0 Å². The molecule has 0 aliphatic carbocycles. The molecule has 1 aliphatic heterocycles. The van der Waals surface area contributed by atoms with E-state index in [1.165, 1.54) is 6.07 Å². The Kier molecular flexibility index (Phi) is 5.45. The van der Waals surface area contributed by atoms with Gasteiger partial charge in [-0.2, -0.15) is 0 Å². The van der Waals surface area contributed by atoms with Crippen LogP contribution < -0.4 is 9.47 Å². The maximum Gasteiger partial charge on any atom is 0.164 e. The van der Waals surface area contributed by atoms with Gasteiger partial charge in [0.1, 0.15) is 5.82 Å². The predicted octanol–water partition coefficient (Wildman–Crippen LogP) is 3.98. The molecule has 2 rings (SSSR count). The number of epoxide rings is 1. The molecule has 1 saturated heterocycles. The normalized spacial score (nSPS) is 22.0. The van der Waals surface area contributed by atoms with E-state index in [4.69, 9.17) is 14.2 Å². The van der Waals surface area contributed by atoms with Crippen LogP contribution in [0.5, 0.6) is 11.5 Å². The third-order valence-electron chi connectivity index (χ3n) is 3.84. The quantitative estimate of drug-likeness (QED) is 0.680. The Morgan fingerprint density at radius 2 is 1.76 bits per heavy atom. The summed E-state index contributed by atoms with van der Waals surface area (Å²) in [5, 5.41) is 0. The van der Waals surface area contributed by atoms with Crippen LogP contribution in [0.4, 0.5) is 4.39 Å². The van der Waals surface area contributed by atoms with Gasteiger partial charge in [0.2, 0.25) is 0 Å². The zero-order chi connectivity index (χ0) is 15.4. The van der Waals surface area contributed by atoms with E-state index >= 15 is 0 Å². The van der Waals surface area contributed by atoms with E-state index in [-0.39, 0.29) is 11.9 Å². The van der Waals surface area contributed by atoms with Crippen LogP contribution >= 0.6 is 0 Å². The van der Waals surface area contributed by atoms with Crippen LogP contribution in [0.1, 0.15) is 39.7 Å². The average molecular weight is 296 g/mol. The van der Waals surface area contributed by atoms with E-state index in [1.54, 1.807) is 6.07 Å². The lowest BCUT2D eigenvalue weighted by molar-refractivity contribution is 0.284. The van der Waals surface area contributed by atoms with Crippen molar-refractivity contribution in [1.82, 2.24) is 0 Å². The van der Waals surface area contributed by atoms with Gasteiger partial charge in [-0.25, -0.2) is 4.39 Å². The van der Waals surface area contributed by atoms with E-state index in [0.717, 1.165) is 6.42 Å². The lowest BCUT2D eigenvalue weighted by Gasteiger charge is -2.15. The lowest BCUT2D eigenvalue weighted by atomic mass is 9.95. The van der Waals surface area contributed by atoms with Gasteiger partial charge >= 0.3 is 0 Å². The molecular weight excluding hydrogens is 271 g/mol. The smallest absolute Gasteiger partial charge is 0.164 e. The Morgan fingerprint density at radius 1 is 1.14 bits per heavy atom. The molecule has 1 aromatic rings. The molecule has 118 valence electrons. The standard InChI is InChI=1S/C17H25FO3/c1-5-14-17(21-14)11(4)8-12-9-15(19-6-2)16(20-7-3)10-13(12)18/h9-11,14,17H,5-8H2,1-4H3. The van der Waals surface area contributed by atoms with Crippen LogP contribution in [0.15, 0.2) is 12.1 Å². The van der Waals surface area contributed by atoms with Crippen LogP contribution in [-0.2, 0) is 11.2 Å². The van der Waals surface area contributed by atoms with E-state index in [9.17, 15) is 4.39 Å². The monoisotopic (exact) mass is 296 g/mol. The van der Waals surface area contributed by atoms with Crippen molar-refractivity contribution in [3.8, 4) is 11.5 Å². The van der Waals surface area contributed by atoms with Crippen molar-refractivity contribution in [1.29, 1.82) is 0 Å². The minimum absolute atomic E-state index is 0.234. The maximum atomic E-state index is 14.2. The second-order valence-corrected chi connectivity index (χ2v) is 5.49. The van der Waals surface area contributed by atoms with Crippen molar-refractivity contribution in [2.45, 2.75) is 52.7 Å². The summed E-state index contributed by atoms with van der Waals surface area (Å²) in [6, 6.07) is 3.20. The third kappa shape index (κ3) is 3.88. The van der Waals surface area contributed by atoms with Crippen LogP contribution in [0.2, 0.25) is 0 Å². The summed E-state index contributed by atoms with van der Waals surface area (Å²) in [6.45, 7) is 9.02. The summed E-state index contributed by atoms with van der Waals surface area (Å²) in [5.41, 5.74) is 0.666. The second kappa shape index (κ2) is 7.12. The fraction of sp³-hybridized carbons (Fsp3) is 0.647. The first kappa shape index (κ1) is 16.1. The van der Waals surface area contributed by atoms with E-state index in [1.807, 2.05) is 13.8 Å². The highest BCUT2D eigenvalue weighted by Crippen LogP contribution is 2.36. The number of hydrogen-bond acceptors (Lipinski definition) is 3. The van der Waals surface area contributed by atoms with Gasteiger partial charge in [0.25, 0.3) is 0 Å². The number of rotatable bonds is 8. The molecule has 3 nitrogen and oxygen atoms in total. The molecule has 1 heterocycles. The highest BCUT2D eigenvalue weighted by Gasteiger charge is 2.41. The Bertz CT molecular complexity index is 475. The van der Waals surface area contributed by atoms with Crippen molar-refractivity contribution in [2.75, 3.05) is 13.2 Å². The number of ether oxygens (including phenoxy) is 3. The first-order valence-electron chi connectivity index (χ1n) is 7.84. The van der Waals surface area contributed by atoms with Gasteiger partial charge in [-0.1, -0.05) is 13.8 Å². The maximum absolute atomic E-state index is 14.2. The molecule has 21 heavy (non-hydrogen) atoms. The number of benzene rings is 1. The fourth-order valence-electron chi connectivity index (χ4n) is 2.72. The molecule has 1 aromatic carbocycles. The van der Waals surface area contributed by atoms with Gasteiger partial charge in [-0.05, 0) is 44.2 Å². The fourth-order valence-corrected chi connectivity index (χ4v) is 2.72. The van der Waals surface area contributed by atoms with E-state index in [2.05, 4.69) is 13.8 Å². The Hall–Kier alpha value is -1.29. The van der Waals surface area contributed by atoms with Gasteiger partial charge < -0.3 is 14.2 Å². The molecule has 0 bridgehead atoms. The highest BCUT2D eigenvalue weighted by molar-refractivity contribution is 5.44. The first-order valence-corrected chi connectivity index (χ1v) is 7.84. The summed E-state index contributed by atoms with van der Waals surface area (Å²) < 4.78 is 30.8. The van der Waals surface area contributed by atoms with Gasteiger partial charge in [0, 0.05) is 6.07 Å². The molecule has 0 aromatic heterocycles. The summed E-state index contributed by atoms with van der Waals surface area (Å²) in [5.74, 6) is 1.16. The van der Waals surface area contributed by atoms with Gasteiger partial charge in [0.05, 0.1) is 25.4 Å². The van der Waals surface area contributed by atoms with E-state index < -0.39 is 0 Å². The van der Waals surface area contributed by atoms with Crippen molar-refractivity contribution >= 4 is 0 Å². The zero-order valence-corrected chi connectivity index (χ0v) is 13.3. The van der Waals surface area contributed by atoms with Crippen LogP contribution in [-0.4, -0.2) is 25.4 Å². The van der Waals surface area contributed by atoms with Crippen molar-refractivity contribution < 1.29 is 18.6 Å². The molecule has 1 fully saturated rings. The first-order chi connectivity index (χ1) is 10.1. The molecule has 3 atom stereocenters. The Balaban J connectivity index is 2.13. The molecule has 0 saturated carbocycles. The Labute approximate surface area is 126 Å². The minimum Gasteiger partial charge on any atom is -0.490 e. The predicted molar refractivity (Wildman–Crippen MR) is 80.6 cm³/mol. The topological polar surface area (TPSA) is 31.0 Å². The molecule has 1 aliphatic rings. The van der Waals surface area contributed by atoms with Crippen LogP contribution in [0, 0.1) is 11.7 Å². The summed E-state index contributed by atoms with van der Waals surface area (Å²) >= 11 is 0. The van der Waals surface area contributed by atoms with E-state index in [0.29, 0.717) is 48.7 Å². The average Bonchev–Trinajstić information content (AvgIpc) is 3.24. The SMILES string of the molecule is CCOc1cc(F)c(CC(C)C2OC2CC)cc1OCC. The molecular formula is C17H25FO3. The second-order valence-electron chi connectivity index (χ2n) is 5.49. The minimum atomic E-state index is -0.234. The molecule has 0 amide bonds. The highest BCUT2D eigenvalue weighted by atomic mass is 19.1. The lowest BCUT2D eigenvalue weighted by Crippen LogP contribution is -2.11. The van der Waals surface area contributed by atoms with Gasteiger partial charge in [-0.15, -0.1) is 0 Å². The largest absolute Gasteiger partial charge is 0.490 e. The number of hydrogen-bond donors (Lipinski definition) is 0. The summed E-state index contributed by atoms with van der Waals surface area (Å²) in [7, 11) is 0. The number of halogens is 1. The molecule has 0 radical (unpaired) electrons. The third-order valence-corrected chi connectivity index (χ3v) is 3.84. The molecule has 3 unspecified atom stereocenters. The van der Waals surface area contributed by atoms with Crippen molar-refractivity contribution in [3.63, 3.8) is 0 Å². The summed E-state index contributed by atoms with van der Waals surface area (Å²) in [4.78, 5) is 0. The summed E-state index contributed by atoms with van der Waals surface area (Å²) in [6.07, 6.45) is 2.28.